The summed E-state index contributed by atoms with van der Waals surface area (Å²) < 4.78 is 0.652. The van der Waals surface area contributed by atoms with Gasteiger partial charge in [0.25, 0.3) is 5.69 Å². The number of nitrogens with one attached hydrogen (secondary N) is 1. The lowest BCUT2D eigenvalue weighted by atomic mass is 10.1. The van der Waals surface area contributed by atoms with Crippen molar-refractivity contribution in [3.8, 4) is 0 Å². The highest BCUT2D eigenvalue weighted by molar-refractivity contribution is 9.10. The molecule has 0 fully saturated rings. The van der Waals surface area contributed by atoms with E-state index < -0.39 is 4.92 Å². The molecule has 17 heavy (non-hydrogen) atoms. The van der Waals surface area contributed by atoms with Gasteiger partial charge in [-0.25, -0.2) is 0 Å². The third-order valence-corrected chi connectivity index (χ3v) is 3.10. The largest absolute Gasteiger partial charge is 0.396 e. The molecule has 0 spiro atoms. The smallest absolute Gasteiger partial charge is 0.273 e. The van der Waals surface area contributed by atoms with Crippen LogP contribution in [0.15, 0.2) is 16.6 Å². The number of rotatable bonds is 5. The van der Waals surface area contributed by atoms with Gasteiger partial charge in [-0.15, -0.1) is 0 Å². The van der Waals surface area contributed by atoms with E-state index in [4.69, 9.17) is 5.11 Å². The Morgan fingerprint density at radius 1 is 1.59 bits per heavy atom. The van der Waals surface area contributed by atoms with E-state index in [-0.39, 0.29) is 18.3 Å². The van der Waals surface area contributed by atoms with Crippen molar-refractivity contribution < 1.29 is 10.0 Å². The van der Waals surface area contributed by atoms with Gasteiger partial charge in [-0.2, -0.15) is 0 Å². The number of aliphatic hydroxyl groups is 1. The molecule has 0 aliphatic carbocycles. The van der Waals surface area contributed by atoms with Gasteiger partial charge in [-0.1, -0.05) is 0 Å². The summed E-state index contributed by atoms with van der Waals surface area (Å²) in [6.07, 6.45) is 0.627. The molecule has 1 aromatic rings. The molecule has 5 nitrogen and oxygen atoms in total. The van der Waals surface area contributed by atoms with Crippen LogP contribution in [0.2, 0.25) is 0 Å². The van der Waals surface area contributed by atoms with Crippen LogP contribution in [-0.4, -0.2) is 22.7 Å². The van der Waals surface area contributed by atoms with Gasteiger partial charge in [-0.3, -0.25) is 10.1 Å². The van der Waals surface area contributed by atoms with Crippen LogP contribution < -0.4 is 5.32 Å². The molecule has 0 aliphatic heterocycles. The minimum atomic E-state index is -0.402. The first-order chi connectivity index (χ1) is 7.95. The lowest BCUT2D eigenvalue weighted by molar-refractivity contribution is -0.385. The average molecular weight is 303 g/mol. The van der Waals surface area contributed by atoms with E-state index in [1.54, 1.807) is 13.0 Å². The predicted molar refractivity (Wildman–Crippen MR) is 70.3 cm³/mol. The molecule has 0 heterocycles. The summed E-state index contributed by atoms with van der Waals surface area (Å²) in [7, 11) is 0. The lowest BCUT2D eigenvalue weighted by Gasteiger charge is -2.15. The fraction of sp³-hybridized carbons (Fsp3) is 0.455. The number of nitro groups is 1. The molecule has 1 atom stereocenters. The van der Waals surface area contributed by atoms with E-state index in [0.717, 1.165) is 5.69 Å². The standard InChI is InChI=1S/C11H15BrN2O3/c1-7-5-10(13-8(2)3-4-15)9(12)6-11(7)14(16)17/h5-6,8,13,15H,3-4H2,1-2H3. The van der Waals surface area contributed by atoms with Crippen molar-refractivity contribution in [2.45, 2.75) is 26.3 Å². The van der Waals surface area contributed by atoms with E-state index in [1.165, 1.54) is 6.07 Å². The number of nitro benzene ring substituents is 1. The third-order valence-electron chi connectivity index (χ3n) is 2.45. The molecule has 94 valence electrons. The summed E-state index contributed by atoms with van der Waals surface area (Å²) in [5.41, 5.74) is 1.50. The number of aryl methyl sites for hydroxylation is 1. The fourth-order valence-electron chi connectivity index (χ4n) is 1.51. The van der Waals surface area contributed by atoms with E-state index in [0.29, 0.717) is 16.5 Å². The number of halogens is 1. The van der Waals surface area contributed by atoms with Crippen molar-refractivity contribution in [2.24, 2.45) is 0 Å². The minimum Gasteiger partial charge on any atom is -0.396 e. The monoisotopic (exact) mass is 302 g/mol. The molecule has 0 saturated heterocycles. The number of anilines is 1. The maximum atomic E-state index is 10.7. The number of aliphatic hydroxyl groups excluding tert-OH is 1. The van der Waals surface area contributed by atoms with Crippen LogP contribution in [0.5, 0.6) is 0 Å². The summed E-state index contributed by atoms with van der Waals surface area (Å²) in [5, 5.41) is 22.7. The first-order valence-corrected chi connectivity index (χ1v) is 6.07. The Balaban J connectivity index is 2.95. The molecule has 2 N–H and O–H groups in total. The second-order valence-corrected chi connectivity index (χ2v) is 4.79. The molecule has 6 heteroatoms. The summed E-state index contributed by atoms with van der Waals surface area (Å²) in [6, 6.07) is 3.33. The molecular weight excluding hydrogens is 288 g/mol. The summed E-state index contributed by atoms with van der Waals surface area (Å²) in [4.78, 5) is 10.3. The summed E-state index contributed by atoms with van der Waals surface area (Å²) in [6.45, 7) is 3.75. The molecule has 0 aliphatic rings. The van der Waals surface area contributed by atoms with Crippen LogP contribution in [0.3, 0.4) is 0 Å². The number of hydrogen-bond acceptors (Lipinski definition) is 4. The topological polar surface area (TPSA) is 75.4 Å². The van der Waals surface area contributed by atoms with Gasteiger partial charge in [-0.05, 0) is 42.3 Å². The van der Waals surface area contributed by atoms with E-state index in [1.807, 2.05) is 6.92 Å². The molecule has 0 radical (unpaired) electrons. The molecular formula is C11H15BrN2O3. The Kier molecular flexibility index (Phi) is 4.89. The second-order valence-electron chi connectivity index (χ2n) is 3.93. The van der Waals surface area contributed by atoms with Crippen LogP contribution >= 0.6 is 15.9 Å². The van der Waals surface area contributed by atoms with Crippen molar-refractivity contribution in [1.29, 1.82) is 0 Å². The van der Waals surface area contributed by atoms with Gasteiger partial charge >= 0.3 is 0 Å². The SMILES string of the molecule is Cc1cc(NC(C)CCO)c(Br)cc1[N+](=O)[O-]. The maximum Gasteiger partial charge on any atom is 0.273 e. The van der Waals surface area contributed by atoms with Crippen LogP contribution in [0.25, 0.3) is 0 Å². The molecule has 1 unspecified atom stereocenters. The van der Waals surface area contributed by atoms with E-state index in [2.05, 4.69) is 21.2 Å². The van der Waals surface area contributed by atoms with Crippen molar-refractivity contribution in [1.82, 2.24) is 0 Å². The zero-order valence-electron chi connectivity index (χ0n) is 9.74. The van der Waals surface area contributed by atoms with Gasteiger partial charge in [0.2, 0.25) is 0 Å². The van der Waals surface area contributed by atoms with Crippen LogP contribution in [-0.2, 0) is 0 Å². The quantitative estimate of drug-likeness (QED) is 0.648. The summed E-state index contributed by atoms with van der Waals surface area (Å²) >= 11 is 3.30. The Hall–Kier alpha value is -1.14. The first kappa shape index (κ1) is 13.9. The number of nitrogens with zero attached hydrogens (tertiary/aromatic N) is 1. The van der Waals surface area contributed by atoms with Gasteiger partial charge < -0.3 is 10.4 Å². The zero-order valence-corrected chi connectivity index (χ0v) is 11.3. The van der Waals surface area contributed by atoms with Crippen LogP contribution in [0.1, 0.15) is 18.9 Å². The van der Waals surface area contributed by atoms with Crippen LogP contribution in [0, 0.1) is 17.0 Å². The van der Waals surface area contributed by atoms with Gasteiger partial charge in [0.05, 0.1) is 4.92 Å². The number of hydrogen-bond donors (Lipinski definition) is 2. The molecule has 0 amide bonds. The van der Waals surface area contributed by atoms with Gasteiger partial charge in [0.15, 0.2) is 0 Å². The zero-order chi connectivity index (χ0) is 13.0. The third kappa shape index (κ3) is 3.67. The van der Waals surface area contributed by atoms with Crippen molar-refractivity contribution >= 4 is 27.3 Å². The fourth-order valence-corrected chi connectivity index (χ4v) is 1.96. The first-order valence-electron chi connectivity index (χ1n) is 5.27. The Morgan fingerprint density at radius 3 is 2.76 bits per heavy atom. The highest BCUT2D eigenvalue weighted by Gasteiger charge is 2.14. The average Bonchev–Trinajstić information content (AvgIpc) is 2.22. The van der Waals surface area contributed by atoms with Crippen molar-refractivity contribution in [3.05, 3.63) is 32.3 Å². The Bertz CT molecular complexity index is 423. The normalized spacial score (nSPS) is 12.2. The molecule has 1 aromatic carbocycles. The van der Waals surface area contributed by atoms with Crippen molar-refractivity contribution in [2.75, 3.05) is 11.9 Å². The van der Waals surface area contributed by atoms with Crippen LogP contribution in [0.4, 0.5) is 11.4 Å². The number of benzene rings is 1. The van der Waals surface area contributed by atoms with Crippen molar-refractivity contribution in [3.63, 3.8) is 0 Å². The second kappa shape index (κ2) is 5.97. The molecule has 0 bridgehead atoms. The molecule has 0 saturated carbocycles. The Morgan fingerprint density at radius 2 is 2.24 bits per heavy atom. The van der Waals surface area contributed by atoms with Gasteiger partial charge in [0.1, 0.15) is 0 Å². The summed E-state index contributed by atoms with van der Waals surface area (Å²) in [5.74, 6) is 0. The predicted octanol–water partition coefficient (Wildman–Crippen LogP) is 2.85. The van der Waals surface area contributed by atoms with Gasteiger partial charge in [0, 0.05) is 34.4 Å². The van der Waals surface area contributed by atoms with E-state index >= 15 is 0 Å². The molecule has 1 rings (SSSR count). The Labute approximate surface area is 108 Å². The van der Waals surface area contributed by atoms with E-state index in [9.17, 15) is 10.1 Å². The highest BCUT2D eigenvalue weighted by Crippen LogP contribution is 2.31. The minimum absolute atomic E-state index is 0.0947. The highest BCUT2D eigenvalue weighted by atomic mass is 79.9. The molecule has 0 aromatic heterocycles. The maximum absolute atomic E-state index is 10.7. The lowest BCUT2D eigenvalue weighted by Crippen LogP contribution is -2.17.